The van der Waals surface area contributed by atoms with Crippen molar-refractivity contribution in [2.75, 3.05) is 6.54 Å². The zero-order chi connectivity index (χ0) is 15.2. The number of likely N-dealkylation sites (tertiary alicyclic amines) is 1. The highest BCUT2D eigenvalue weighted by Crippen LogP contribution is 2.25. The number of carbonyl (C=O) groups excluding carboxylic acids is 1. The fourth-order valence-corrected chi connectivity index (χ4v) is 3.07. The largest absolute Gasteiger partial charge is 0.481 e. The summed E-state index contributed by atoms with van der Waals surface area (Å²) in [6.07, 6.45) is 9.41. The van der Waals surface area contributed by atoms with Crippen molar-refractivity contribution in [1.82, 2.24) is 14.5 Å². The van der Waals surface area contributed by atoms with E-state index in [2.05, 4.69) is 11.9 Å². The van der Waals surface area contributed by atoms with E-state index in [9.17, 15) is 9.59 Å². The molecule has 0 radical (unpaired) electrons. The molecule has 21 heavy (non-hydrogen) atoms. The fourth-order valence-electron chi connectivity index (χ4n) is 3.07. The van der Waals surface area contributed by atoms with Crippen molar-refractivity contribution in [3.05, 3.63) is 18.7 Å². The lowest BCUT2D eigenvalue weighted by molar-refractivity contribution is -0.140. The van der Waals surface area contributed by atoms with Crippen LogP contribution < -0.4 is 0 Å². The highest BCUT2D eigenvalue weighted by atomic mass is 16.4. The molecule has 1 aliphatic heterocycles. The second-order valence-electron chi connectivity index (χ2n) is 5.64. The minimum absolute atomic E-state index is 0.0509. The van der Waals surface area contributed by atoms with Gasteiger partial charge in [0.25, 0.3) is 0 Å². The molecule has 0 bridgehead atoms. The Balaban J connectivity index is 1.99. The van der Waals surface area contributed by atoms with Crippen LogP contribution in [0.2, 0.25) is 0 Å². The van der Waals surface area contributed by atoms with Gasteiger partial charge in [0, 0.05) is 37.4 Å². The summed E-state index contributed by atoms with van der Waals surface area (Å²) in [5.74, 6) is -0.773. The van der Waals surface area contributed by atoms with Gasteiger partial charge < -0.3 is 14.6 Å². The van der Waals surface area contributed by atoms with Crippen molar-refractivity contribution in [2.45, 2.75) is 57.5 Å². The van der Waals surface area contributed by atoms with Crippen LogP contribution in [-0.4, -0.2) is 44.0 Å². The van der Waals surface area contributed by atoms with Gasteiger partial charge in [-0.1, -0.05) is 13.3 Å². The Hall–Kier alpha value is -1.85. The number of amides is 1. The average molecular weight is 293 g/mol. The van der Waals surface area contributed by atoms with E-state index in [1.54, 1.807) is 17.4 Å². The standard InChI is InChI=1S/C15H23N3O3/c1-2-4-12(17-8-6-16-11-17)9-14(19)18-7-3-5-13(18)10-15(20)21/h6,8,11-13H,2-5,7,9-10H2,1H3,(H,20,21). The molecule has 2 heterocycles. The summed E-state index contributed by atoms with van der Waals surface area (Å²) in [6, 6.07) is -0.0314. The lowest BCUT2D eigenvalue weighted by atomic mass is 10.1. The third-order valence-electron chi connectivity index (χ3n) is 4.09. The normalized spacial score (nSPS) is 19.7. The zero-order valence-electron chi connectivity index (χ0n) is 12.4. The summed E-state index contributed by atoms with van der Waals surface area (Å²) in [7, 11) is 0. The Labute approximate surface area is 124 Å². The molecule has 2 rings (SSSR count). The van der Waals surface area contributed by atoms with Gasteiger partial charge in [-0.05, 0) is 19.3 Å². The van der Waals surface area contributed by atoms with E-state index in [-0.39, 0.29) is 24.4 Å². The van der Waals surface area contributed by atoms with Gasteiger partial charge in [-0.3, -0.25) is 9.59 Å². The summed E-state index contributed by atoms with van der Waals surface area (Å²) >= 11 is 0. The number of carboxylic acid groups (broad SMARTS) is 1. The van der Waals surface area contributed by atoms with E-state index in [0.29, 0.717) is 13.0 Å². The predicted molar refractivity (Wildman–Crippen MR) is 77.8 cm³/mol. The summed E-state index contributed by atoms with van der Waals surface area (Å²) < 4.78 is 1.98. The summed E-state index contributed by atoms with van der Waals surface area (Å²) in [6.45, 7) is 2.77. The molecule has 1 saturated heterocycles. The summed E-state index contributed by atoms with van der Waals surface area (Å²) in [5.41, 5.74) is 0. The Morgan fingerprint density at radius 3 is 2.90 bits per heavy atom. The highest BCUT2D eigenvalue weighted by Gasteiger charge is 2.31. The molecule has 1 aromatic rings. The number of hydrogen-bond acceptors (Lipinski definition) is 3. The number of hydrogen-bond donors (Lipinski definition) is 1. The van der Waals surface area contributed by atoms with Crippen LogP contribution in [0.3, 0.4) is 0 Å². The van der Waals surface area contributed by atoms with Crippen LogP contribution in [0.15, 0.2) is 18.7 Å². The first-order valence-electron chi connectivity index (χ1n) is 7.60. The van der Waals surface area contributed by atoms with Crippen LogP contribution in [-0.2, 0) is 9.59 Å². The molecular formula is C15H23N3O3. The van der Waals surface area contributed by atoms with Crippen molar-refractivity contribution in [1.29, 1.82) is 0 Å². The Bertz CT molecular complexity index is 473. The molecule has 2 atom stereocenters. The van der Waals surface area contributed by atoms with Gasteiger partial charge >= 0.3 is 5.97 Å². The van der Waals surface area contributed by atoms with Crippen molar-refractivity contribution in [3.8, 4) is 0 Å². The van der Waals surface area contributed by atoms with Gasteiger partial charge in [-0.15, -0.1) is 0 Å². The molecule has 0 aromatic carbocycles. The Morgan fingerprint density at radius 1 is 1.48 bits per heavy atom. The van der Waals surface area contributed by atoms with Gasteiger partial charge in [0.15, 0.2) is 0 Å². The van der Waals surface area contributed by atoms with E-state index in [0.717, 1.165) is 25.7 Å². The lowest BCUT2D eigenvalue weighted by Crippen LogP contribution is -2.37. The molecule has 1 aromatic heterocycles. The predicted octanol–water partition coefficient (Wildman–Crippen LogP) is 2.08. The van der Waals surface area contributed by atoms with Gasteiger partial charge in [-0.2, -0.15) is 0 Å². The quantitative estimate of drug-likeness (QED) is 0.835. The number of imidazole rings is 1. The second kappa shape index (κ2) is 7.24. The smallest absolute Gasteiger partial charge is 0.305 e. The van der Waals surface area contributed by atoms with Crippen molar-refractivity contribution < 1.29 is 14.7 Å². The number of carboxylic acids is 1. The highest BCUT2D eigenvalue weighted by molar-refractivity contribution is 5.78. The van der Waals surface area contributed by atoms with Gasteiger partial charge in [0.1, 0.15) is 0 Å². The minimum atomic E-state index is -0.834. The van der Waals surface area contributed by atoms with Crippen LogP contribution in [0.25, 0.3) is 0 Å². The summed E-state index contributed by atoms with van der Waals surface area (Å²) in [5, 5.41) is 8.94. The second-order valence-corrected chi connectivity index (χ2v) is 5.64. The van der Waals surface area contributed by atoms with Crippen molar-refractivity contribution in [2.24, 2.45) is 0 Å². The first-order valence-corrected chi connectivity index (χ1v) is 7.60. The number of carbonyl (C=O) groups is 2. The third kappa shape index (κ3) is 4.06. The maximum Gasteiger partial charge on any atom is 0.305 e. The van der Waals surface area contributed by atoms with Crippen LogP contribution >= 0.6 is 0 Å². The number of nitrogens with zero attached hydrogens (tertiary/aromatic N) is 3. The molecule has 6 heteroatoms. The van der Waals surface area contributed by atoms with Gasteiger partial charge in [-0.25, -0.2) is 4.98 Å². The first-order chi connectivity index (χ1) is 10.1. The molecule has 0 saturated carbocycles. The number of aliphatic carboxylic acids is 1. The maximum atomic E-state index is 12.5. The van der Waals surface area contributed by atoms with E-state index in [4.69, 9.17) is 5.11 Å². The maximum absolute atomic E-state index is 12.5. The van der Waals surface area contributed by atoms with E-state index < -0.39 is 5.97 Å². The molecule has 1 N–H and O–H groups in total. The zero-order valence-corrected chi connectivity index (χ0v) is 12.4. The summed E-state index contributed by atoms with van der Waals surface area (Å²) in [4.78, 5) is 29.2. The third-order valence-corrected chi connectivity index (χ3v) is 4.09. The monoisotopic (exact) mass is 293 g/mol. The van der Waals surface area contributed by atoms with Crippen LogP contribution in [0.1, 0.15) is 51.5 Å². The molecule has 1 amide bonds. The SMILES string of the molecule is CCCC(CC(=O)N1CCCC1CC(=O)O)n1ccnc1. The van der Waals surface area contributed by atoms with Crippen LogP contribution in [0, 0.1) is 0 Å². The molecule has 0 aliphatic carbocycles. The minimum Gasteiger partial charge on any atom is -0.481 e. The molecule has 6 nitrogen and oxygen atoms in total. The van der Waals surface area contributed by atoms with Gasteiger partial charge in [0.05, 0.1) is 12.7 Å². The van der Waals surface area contributed by atoms with Crippen LogP contribution in [0.4, 0.5) is 0 Å². The average Bonchev–Trinajstić information content (AvgIpc) is 3.08. The van der Waals surface area contributed by atoms with Gasteiger partial charge in [0.2, 0.25) is 5.91 Å². The van der Waals surface area contributed by atoms with E-state index in [1.807, 2.05) is 10.8 Å². The first kappa shape index (κ1) is 15.5. The topological polar surface area (TPSA) is 75.4 Å². The molecule has 1 fully saturated rings. The molecular weight excluding hydrogens is 270 g/mol. The lowest BCUT2D eigenvalue weighted by Gasteiger charge is -2.26. The molecule has 116 valence electrons. The fraction of sp³-hybridized carbons (Fsp3) is 0.667. The Kier molecular flexibility index (Phi) is 5.36. The van der Waals surface area contributed by atoms with Crippen LogP contribution in [0.5, 0.6) is 0 Å². The van der Waals surface area contributed by atoms with Crippen molar-refractivity contribution in [3.63, 3.8) is 0 Å². The van der Waals surface area contributed by atoms with Crippen molar-refractivity contribution >= 4 is 11.9 Å². The number of rotatable bonds is 7. The molecule has 2 unspecified atom stereocenters. The molecule has 0 spiro atoms. The van der Waals surface area contributed by atoms with E-state index in [1.165, 1.54) is 0 Å². The number of aromatic nitrogens is 2. The molecule has 1 aliphatic rings. The van der Waals surface area contributed by atoms with E-state index >= 15 is 0 Å². The Morgan fingerprint density at radius 2 is 2.29 bits per heavy atom.